The molecule has 1 amide bonds. The van der Waals surface area contributed by atoms with Gasteiger partial charge in [-0.3, -0.25) is 19.6 Å². The number of nitrogens with zero attached hydrogens (tertiary/aromatic N) is 7. The summed E-state index contributed by atoms with van der Waals surface area (Å²) in [7, 11) is 3.51. The summed E-state index contributed by atoms with van der Waals surface area (Å²) >= 11 is 3.24. The smallest absolute Gasteiger partial charge is 0.306 e. The minimum Gasteiger partial charge on any atom is -0.492 e. The van der Waals surface area contributed by atoms with Crippen LogP contribution in [0, 0.1) is 11.8 Å². The standard InChI is InChI=1S/C25H29N5O3S.C21H20N4O3S/c1-4-33-20-10-17-13-26-12-16(17)9-19(20)29-23-22-18-6-5-15(25(31)30(2)7-8-32-3)11-21(18)34-24(22)28-14-27-23;1-2-28-16-6-13-9-22-8-12(13)5-15(16)25-19-18-14-4-3-11(21(26)27)7-17(14)29-20(18)24-10-23-19/h9-10,12,14-15H,4-8,11,13H2,1-3H3,(H,27,28,29);5-6,8,10-11H,2-4,7,9H2,1H3,(H,26,27)(H,23,24,25). The van der Waals surface area contributed by atoms with Crippen molar-refractivity contribution >= 4 is 90.4 Å². The lowest BCUT2D eigenvalue weighted by Crippen LogP contribution is -2.37. The van der Waals surface area contributed by atoms with Gasteiger partial charge in [0.2, 0.25) is 5.91 Å². The Morgan fingerprint density at radius 3 is 1.76 bits per heavy atom. The van der Waals surface area contributed by atoms with E-state index < -0.39 is 5.97 Å². The van der Waals surface area contributed by atoms with Gasteiger partial charge in [0.25, 0.3) is 0 Å². The van der Waals surface area contributed by atoms with Gasteiger partial charge in [0.1, 0.15) is 45.5 Å². The number of hydrogen-bond donors (Lipinski definition) is 3. The minimum atomic E-state index is -0.723. The van der Waals surface area contributed by atoms with Crippen molar-refractivity contribution in [2.75, 3.05) is 51.2 Å². The number of rotatable bonds is 13. The number of amides is 1. The van der Waals surface area contributed by atoms with Gasteiger partial charge < -0.3 is 34.9 Å². The average molecular weight is 888 g/mol. The van der Waals surface area contributed by atoms with Gasteiger partial charge in [-0.2, -0.15) is 0 Å². The Morgan fingerprint density at radius 1 is 0.762 bits per heavy atom. The topological polar surface area (TPSA) is 186 Å². The zero-order valence-electron chi connectivity index (χ0n) is 35.7. The Bertz CT molecular complexity index is 2780. The Hall–Kier alpha value is -6.04. The van der Waals surface area contributed by atoms with Crippen molar-refractivity contribution in [3.63, 3.8) is 0 Å². The predicted molar refractivity (Wildman–Crippen MR) is 247 cm³/mol. The molecule has 326 valence electrons. The van der Waals surface area contributed by atoms with Crippen LogP contribution in [0.4, 0.5) is 23.0 Å². The number of carbonyl (C=O) groups is 2. The van der Waals surface area contributed by atoms with Gasteiger partial charge in [-0.15, -0.1) is 22.7 Å². The van der Waals surface area contributed by atoms with Crippen LogP contribution in [0.3, 0.4) is 0 Å². The fraction of sp³-hybridized carbons (Fsp3) is 0.391. The molecule has 2 aliphatic carbocycles. The molecule has 17 heteroatoms. The van der Waals surface area contributed by atoms with Gasteiger partial charge in [-0.1, -0.05) is 0 Å². The molecule has 63 heavy (non-hydrogen) atoms. The maximum Gasteiger partial charge on any atom is 0.306 e. The normalized spacial score (nSPS) is 16.8. The summed E-state index contributed by atoms with van der Waals surface area (Å²) < 4.78 is 16.9. The van der Waals surface area contributed by atoms with Crippen molar-refractivity contribution in [3.8, 4) is 11.5 Å². The molecule has 2 unspecified atom stereocenters. The number of carboxylic acid groups (broad SMARTS) is 1. The molecule has 15 nitrogen and oxygen atoms in total. The number of carbonyl (C=O) groups excluding carboxylic acids is 1. The number of carboxylic acids is 1. The summed E-state index contributed by atoms with van der Waals surface area (Å²) in [6.45, 7) is 7.61. The van der Waals surface area contributed by atoms with Crippen molar-refractivity contribution in [2.45, 2.75) is 65.5 Å². The van der Waals surface area contributed by atoms with Crippen LogP contribution in [-0.4, -0.2) is 94.8 Å². The third kappa shape index (κ3) is 8.56. The van der Waals surface area contributed by atoms with Crippen molar-refractivity contribution in [1.29, 1.82) is 0 Å². The number of benzene rings is 2. The van der Waals surface area contributed by atoms with Gasteiger partial charge in [0, 0.05) is 48.8 Å². The molecule has 4 aliphatic rings. The van der Waals surface area contributed by atoms with E-state index in [-0.39, 0.29) is 17.7 Å². The van der Waals surface area contributed by atoms with E-state index in [1.165, 1.54) is 21.6 Å². The largest absolute Gasteiger partial charge is 0.492 e. The van der Waals surface area contributed by atoms with E-state index in [1.807, 2.05) is 45.5 Å². The van der Waals surface area contributed by atoms with Crippen LogP contribution in [-0.2, 0) is 53.1 Å². The summed E-state index contributed by atoms with van der Waals surface area (Å²) in [6, 6.07) is 8.22. The van der Waals surface area contributed by atoms with Crippen LogP contribution in [0.1, 0.15) is 69.8 Å². The molecule has 2 aromatic carbocycles. The van der Waals surface area contributed by atoms with Crippen molar-refractivity contribution < 1.29 is 28.9 Å². The van der Waals surface area contributed by atoms with Gasteiger partial charge in [-0.05, 0) is 110 Å². The maximum absolute atomic E-state index is 12.9. The lowest BCUT2D eigenvalue weighted by molar-refractivity contribution is -0.142. The highest BCUT2D eigenvalue weighted by atomic mass is 32.1. The second-order valence-corrected chi connectivity index (χ2v) is 18.1. The third-order valence-corrected chi connectivity index (χ3v) is 14.3. The van der Waals surface area contributed by atoms with Crippen LogP contribution in [0.25, 0.3) is 20.4 Å². The first-order valence-electron chi connectivity index (χ1n) is 21.3. The summed E-state index contributed by atoms with van der Waals surface area (Å²) in [4.78, 5) is 57.1. The number of aliphatic imine (C=N–C) groups is 2. The van der Waals surface area contributed by atoms with Crippen LogP contribution in [0.2, 0.25) is 0 Å². The number of aryl methyl sites for hydroxylation is 2. The van der Waals surface area contributed by atoms with E-state index in [9.17, 15) is 14.7 Å². The fourth-order valence-corrected chi connectivity index (χ4v) is 11.3. The van der Waals surface area contributed by atoms with Gasteiger partial charge >= 0.3 is 5.97 Å². The summed E-state index contributed by atoms with van der Waals surface area (Å²) in [6.07, 6.45) is 11.3. The fourth-order valence-electron chi connectivity index (χ4n) is 8.76. The number of anilines is 4. The molecule has 2 aliphatic heterocycles. The lowest BCUT2D eigenvalue weighted by Gasteiger charge is -2.26. The molecule has 6 aromatic rings. The predicted octanol–water partition coefficient (Wildman–Crippen LogP) is 7.93. The van der Waals surface area contributed by atoms with E-state index in [0.717, 1.165) is 102 Å². The number of fused-ring (bicyclic) bond motifs is 8. The highest BCUT2D eigenvalue weighted by Gasteiger charge is 2.32. The molecule has 0 fully saturated rings. The molecule has 0 saturated carbocycles. The average Bonchev–Trinajstić information content (AvgIpc) is 4.10. The molecular weight excluding hydrogens is 839 g/mol. The van der Waals surface area contributed by atoms with Crippen molar-refractivity contribution in [3.05, 3.63) is 80.1 Å². The molecule has 0 radical (unpaired) electrons. The van der Waals surface area contributed by atoms with E-state index in [0.29, 0.717) is 52.3 Å². The highest BCUT2D eigenvalue weighted by molar-refractivity contribution is 7.19. The van der Waals surface area contributed by atoms with Crippen LogP contribution in [0.15, 0.2) is 46.9 Å². The molecular formula is C46H49N9O6S2. The number of hydrogen-bond acceptors (Lipinski definition) is 15. The quantitative estimate of drug-likeness (QED) is 0.102. The lowest BCUT2D eigenvalue weighted by atomic mass is 9.87. The molecule has 0 bridgehead atoms. The number of likely N-dealkylation sites (N-methyl/N-ethyl adjacent to an activating group) is 1. The van der Waals surface area contributed by atoms with E-state index >= 15 is 0 Å². The maximum atomic E-state index is 12.9. The van der Waals surface area contributed by atoms with Gasteiger partial charge in [-0.25, -0.2) is 19.9 Å². The molecule has 2 atom stereocenters. The summed E-state index contributed by atoms with van der Waals surface area (Å²) in [5.41, 5.74) is 8.65. The minimum absolute atomic E-state index is 0.00709. The Labute approximate surface area is 372 Å². The van der Waals surface area contributed by atoms with Crippen molar-refractivity contribution in [2.24, 2.45) is 21.8 Å². The zero-order chi connectivity index (χ0) is 43.6. The van der Waals surface area contributed by atoms with Crippen LogP contribution >= 0.6 is 22.7 Å². The second kappa shape index (κ2) is 18.4. The summed E-state index contributed by atoms with van der Waals surface area (Å²) in [5, 5.41) is 18.4. The summed E-state index contributed by atoms with van der Waals surface area (Å²) in [5.74, 6) is 2.22. The van der Waals surface area contributed by atoms with E-state index in [2.05, 4.69) is 52.7 Å². The number of methoxy groups -OCH3 is 1. The highest BCUT2D eigenvalue weighted by Crippen LogP contribution is 2.44. The number of thiophene rings is 2. The number of nitrogens with one attached hydrogen (secondary N) is 2. The van der Waals surface area contributed by atoms with E-state index in [4.69, 9.17) is 14.2 Å². The Kier molecular flexibility index (Phi) is 12.3. The van der Waals surface area contributed by atoms with Crippen LogP contribution < -0.4 is 20.1 Å². The molecule has 10 rings (SSSR count). The first-order chi connectivity index (χ1) is 30.7. The number of ether oxygens (including phenoxy) is 3. The molecule has 4 aromatic heterocycles. The molecule has 0 spiro atoms. The number of aromatic nitrogens is 4. The van der Waals surface area contributed by atoms with Crippen LogP contribution in [0.5, 0.6) is 11.5 Å². The SMILES string of the molecule is CCOc1cc2c(cc1Nc1ncnc3sc4c(c13)CCC(C(=O)N(C)CCOC)C4)C=NC2.CCOc1cc2c(cc1Nc1ncnc3sc4c(c13)CCC(C(=O)O)C4)C=NC2. The number of aliphatic carboxylic acids is 1. The Balaban J connectivity index is 0.000000162. The second-order valence-electron chi connectivity index (χ2n) is 15.9. The Morgan fingerprint density at radius 2 is 1.27 bits per heavy atom. The van der Waals surface area contributed by atoms with Gasteiger partial charge in [0.05, 0.1) is 61.0 Å². The molecule has 0 saturated heterocycles. The van der Waals surface area contributed by atoms with E-state index in [1.54, 1.807) is 47.3 Å². The first-order valence-corrected chi connectivity index (χ1v) is 23.0. The first kappa shape index (κ1) is 42.3. The van der Waals surface area contributed by atoms with Crippen molar-refractivity contribution in [1.82, 2.24) is 24.8 Å². The van der Waals surface area contributed by atoms with Gasteiger partial charge in [0.15, 0.2) is 0 Å². The monoisotopic (exact) mass is 887 g/mol. The molecule has 3 N–H and O–H groups in total. The third-order valence-electron chi connectivity index (χ3n) is 12.0. The zero-order valence-corrected chi connectivity index (χ0v) is 37.3. The molecule has 6 heterocycles.